The molecule has 0 fully saturated rings. The third-order valence-electron chi connectivity index (χ3n) is 2.99. The first-order valence-electron chi connectivity index (χ1n) is 6.17. The summed E-state index contributed by atoms with van der Waals surface area (Å²) in [6, 6.07) is 3.61. The van der Waals surface area contributed by atoms with Gasteiger partial charge in [-0.15, -0.1) is 0 Å². The Bertz CT molecular complexity index is 627. The molecular weight excluding hydrogens is 263 g/mol. The van der Waals surface area contributed by atoms with E-state index in [2.05, 4.69) is 5.10 Å². The molecule has 0 aliphatic carbocycles. The fourth-order valence-corrected chi connectivity index (χ4v) is 2.05. The molecule has 2 rings (SSSR count). The molecule has 20 heavy (non-hydrogen) atoms. The van der Waals surface area contributed by atoms with Crippen LogP contribution in [0.1, 0.15) is 12.5 Å². The van der Waals surface area contributed by atoms with Crippen LogP contribution in [0.5, 0.6) is 0 Å². The summed E-state index contributed by atoms with van der Waals surface area (Å²) < 4.78 is 14.8. The molecule has 1 heterocycles. The lowest BCUT2D eigenvalue weighted by Crippen LogP contribution is -2.22. The SMILES string of the molecule is CCN(Cc1cnn(C)c1)c1ccc(F)cc1[N+](=O)[O-]. The molecule has 0 radical (unpaired) electrons. The lowest BCUT2D eigenvalue weighted by atomic mass is 10.2. The summed E-state index contributed by atoms with van der Waals surface area (Å²) in [4.78, 5) is 12.3. The van der Waals surface area contributed by atoms with Crippen molar-refractivity contribution in [1.29, 1.82) is 0 Å². The van der Waals surface area contributed by atoms with Gasteiger partial charge in [0.25, 0.3) is 5.69 Å². The van der Waals surface area contributed by atoms with Gasteiger partial charge >= 0.3 is 0 Å². The van der Waals surface area contributed by atoms with Gasteiger partial charge in [-0.2, -0.15) is 5.10 Å². The summed E-state index contributed by atoms with van der Waals surface area (Å²) in [7, 11) is 1.81. The number of aromatic nitrogens is 2. The van der Waals surface area contributed by atoms with Gasteiger partial charge in [0.1, 0.15) is 11.5 Å². The fourth-order valence-electron chi connectivity index (χ4n) is 2.05. The summed E-state index contributed by atoms with van der Waals surface area (Å²) in [5.41, 5.74) is 1.12. The number of nitrogens with zero attached hydrogens (tertiary/aromatic N) is 4. The third kappa shape index (κ3) is 2.93. The van der Waals surface area contributed by atoms with Crippen LogP contribution >= 0.6 is 0 Å². The number of nitro groups is 1. The van der Waals surface area contributed by atoms with E-state index in [9.17, 15) is 14.5 Å². The van der Waals surface area contributed by atoms with Crippen molar-refractivity contribution in [3.8, 4) is 0 Å². The quantitative estimate of drug-likeness (QED) is 0.622. The second-order valence-corrected chi connectivity index (χ2v) is 4.43. The molecule has 106 valence electrons. The molecule has 0 bridgehead atoms. The highest BCUT2D eigenvalue weighted by Gasteiger charge is 2.20. The van der Waals surface area contributed by atoms with Crippen molar-refractivity contribution in [2.45, 2.75) is 13.5 Å². The Kier molecular flexibility index (Phi) is 3.97. The number of rotatable bonds is 5. The second-order valence-electron chi connectivity index (χ2n) is 4.43. The Hall–Kier alpha value is -2.44. The zero-order valence-electron chi connectivity index (χ0n) is 11.3. The minimum Gasteiger partial charge on any atom is -0.362 e. The standard InChI is InChI=1S/C13H15FN4O2/c1-3-17(9-10-7-15-16(2)8-10)12-5-4-11(14)6-13(12)18(19)20/h4-8H,3,9H2,1-2H3. The van der Waals surface area contributed by atoms with Crippen LogP contribution in [0.2, 0.25) is 0 Å². The van der Waals surface area contributed by atoms with Crippen LogP contribution in [-0.4, -0.2) is 21.2 Å². The van der Waals surface area contributed by atoms with Crippen molar-refractivity contribution >= 4 is 11.4 Å². The topological polar surface area (TPSA) is 64.2 Å². The molecule has 1 aromatic heterocycles. The van der Waals surface area contributed by atoms with Gasteiger partial charge < -0.3 is 4.90 Å². The van der Waals surface area contributed by atoms with Crippen LogP contribution in [0, 0.1) is 15.9 Å². The predicted octanol–water partition coefficient (Wildman–Crippen LogP) is 2.49. The summed E-state index contributed by atoms with van der Waals surface area (Å²) in [6.07, 6.45) is 3.55. The number of nitro benzene ring substituents is 1. The summed E-state index contributed by atoms with van der Waals surface area (Å²) in [6.45, 7) is 2.95. The van der Waals surface area contributed by atoms with Gasteiger partial charge in [0.15, 0.2) is 0 Å². The van der Waals surface area contributed by atoms with Gasteiger partial charge in [-0.25, -0.2) is 4.39 Å². The van der Waals surface area contributed by atoms with Crippen molar-refractivity contribution in [1.82, 2.24) is 9.78 Å². The first-order chi connectivity index (χ1) is 9.51. The van der Waals surface area contributed by atoms with Crippen molar-refractivity contribution in [3.05, 3.63) is 52.1 Å². The maximum atomic E-state index is 13.2. The molecule has 1 aromatic carbocycles. The number of halogens is 1. The van der Waals surface area contributed by atoms with E-state index in [0.717, 1.165) is 11.6 Å². The van der Waals surface area contributed by atoms with Crippen LogP contribution in [0.3, 0.4) is 0 Å². The molecule has 0 saturated heterocycles. The van der Waals surface area contributed by atoms with Gasteiger partial charge in [0.2, 0.25) is 0 Å². The highest BCUT2D eigenvalue weighted by atomic mass is 19.1. The molecule has 6 nitrogen and oxygen atoms in total. The lowest BCUT2D eigenvalue weighted by molar-refractivity contribution is -0.384. The minimum atomic E-state index is -0.613. The largest absolute Gasteiger partial charge is 0.362 e. The van der Waals surface area contributed by atoms with Crippen LogP contribution in [0.4, 0.5) is 15.8 Å². The summed E-state index contributed by atoms with van der Waals surface area (Å²) in [5, 5.41) is 15.1. The highest BCUT2D eigenvalue weighted by molar-refractivity contribution is 5.63. The normalized spacial score (nSPS) is 10.6. The van der Waals surface area contributed by atoms with E-state index in [0.29, 0.717) is 18.8 Å². The molecule has 0 aliphatic rings. The van der Waals surface area contributed by atoms with Crippen LogP contribution in [-0.2, 0) is 13.6 Å². The number of benzene rings is 1. The van der Waals surface area contributed by atoms with Gasteiger partial charge in [-0.05, 0) is 19.1 Å². The Morgan fingerprint density at radius 1 is 1.50 bits per heavy atom. The van der Waals surface area contributed by atoms with E-state index in [1.54, 1.807) is 17.9 Å². The molecule has 0 amide bonds. The summed E-state index contributed by atoms with van der Waals surface area (Å²) >= 11 is 0. The second kappa shape index (κ2) is 5.68. The number of aryl methyl sites for hydroxylation is 1. The minimum absolute atomic E-state index is 0.226. The molecule has 0 saturated carbocycles. The van der Waals surface area contributed by atoms with Crippen molar-refractivity contribution in [2.24, 2.45) is 7.05 Å². The van der Waals surface area contributed by atoms with Crippen molar-refractivity contribution < 1.29 is 9.31 Å². The highest BCUT2D eigenvalue weighted by Crippen LogP contribution is 2.29. The zero-order chi connectivity index (χ0) is 14.7. The fraction of sp³-hybridized carbons (Fsp3) is 0.308. The van der Waals surface area contributed by atoms with E-state index in [1.807, 2.05) is 18.0 Å². The van der Waals surface area contributed by atoms with Crippen LogP contribution < -0.4 is 4.90 Å². The molecular formula is C13H15FN4O2. The predicted molar refractivity (Wildman–Crippen MR) is 73.0 cm³/mol. The Morgan fingerprint density at radius 3 is 2.80 bits per heavy atom. The molecule has 2 aromatic rings. The zero-order valence-corrected chi connectivity index (χ0v) is 11.3. The number of anilines is 1. The maximum absolute atomic E-state index is 13.2. The molecule has 0 unspecified atom stereocenters. The van der Waals surface area contributed by atoms with Crippen LogP contribution in [0.25, 0.3) is 0 Å². The van der Waals surface area contributed by atoms with Gasteiger partial charge in [0, 0.05) is 31.9 Å². The molecule has 7 heteroatoms. The average Bonchev–Trinajstić information content (AvgIpc) is 2.81. The molecule has 0 N–H and O–H groups in total. The van der Waals surface area contributed by atoms with Crippen LogP contribution in [0.15, 0.2) is 30.6 Å². The van der Waals surface area contributed by atoms with E-state index >= 15 is 0 Å². The average molecular weight is 278 g/mol. The Labute approximate surface area is 115 Å². The molecule has 0 atom stereocenters. The number of hydrogen-bond acceptors (Lipinski definition) is 4. The van der Waals surface area contributed by atoms with E-state index in [4.69, 9.17) is 0 Å². The van der Waals surface area contributed by atoms with Crippen molar-refractivity contribution in [2.75, 3.05) is 11.4 Å². The monoisotopic (exact) mass is 278 g/mol. The van der Waals surface area contributed by atoms with Crippen molar-refractivity contribution in [3.63, 3.8) is 0 Å². The Morgan fingerprint density at radius 2 is 2.25 bits per heavy atom. The first kappa shape index (κ1) is 14.0. The van der Waals surface area contributed by atoms with Gasteiger partial charge in [-0.3, -0.25) is 14.8 Å². The van der Waals surface area contributed by atoms with E-state index < -0.39 is 10.7 Å². The van der Waals surface area contributed by atoms with Gasteiger partial charge in [0.05, 0.1) is 17.2 Å². The first-order valence-corrected chi connectivity index (χ1v) is 6.17. The molecule has 0 spiro atoms. The third-order valence-corrected chi connectivity index (χ3v) is 2.99. The van der Waals surface area contributed by atoms with Gasteiger partial charge in [-0.1, -0.05) is 0 Å². The summed E-state index contributed by atoms with van der Waals surface area (Å²) in [5.74, 6) is -0.613. The molecule has 0 aliphatic heterocycles. The maximum Gasteiger partial charge on any atom is 0.295 e. The number of hydrogen-bond donors (Lipinski definition) is 0. The lowest BCUT2D eigenvalue weighted by Gasteiger charge is -2.22. The van der Waals surface area contributed by atoms with E-state index in [1.165, 1.54) is 12.1 Å². The smallest absolute Gasteiger partial charge is 0.295 e. The Balaban J connectivity index is 2.34. The van der Waals surface area contributed by atoms with E-state index in [-0.39, 0.29) is 5.69 Å².